The maximum atomic E-state index is 10.2. The Kier molecular flexibility index (Phi) is 6.19. The van der Waals surface area contributed by atoms with Crippen LogP contribution in [-0.4, -0.2) is 11.1 Å². The van der Waals surface area contributed by atoms with Gasteiger partial charge in [0.05, 0.1) is 5.56 Å². The highest BCUT2D eigenvalue weighted by Gasteiger charge is 1.96. The fourth-order valence-corrected chi connectivity index (χ4v) is 1.77. The molecule has 1 N–H and O–H groups in total. The van der Waals surface area contributed by atoms with Crippen LogP contribution in [0.15, 0.2) is 91.0 Å². The van der Waals surface area contributed by atoms with Gasteiger partial charge in [0.1, 0.15) is 0 Å². The highest BCUT2D eigenvalue weighted by molar-refractivity contribution is 5.87. The Morgan fingerprint density at radius 1 is 0.609 bits per heavy atom. The number of carboxylic acid groups (broad SMARTS) is 1. The van der Waals surface area contributed by atoms with Crippen LogP contribution in [0.5, 0.6) is 0 Å². The summed E-state index contributed by atoms with van der Waals surface area (Å²) in [6.07, 6.45) is 0. The Morgan fingerprint density at radius 2 is 0.957 bits per heavy atom. The van der Waals surface area contributed by atoms with Crippen LogP contribution in [0.3, 0.4) is 0 Å². The molecule has 0 saturated carbocycles. The van der Waals surface area contributed by atoms with Gasteiger partial charge in [-0.05, 0) is 36.4 Å². The van der Waals surface area contributed by atoms with Gasteiger partial charge in [0.25, 0.3) is 0 Å². The maximum absolute atomic E-state index is 10.2. The molecular formula is C21H16O2. The largest absolute Gasteiger partial charge is 0.478 e. The van der Waals surface area contributed by atoms with E-state index in [9.17, 15) is 4.79 Å². The van der Waals surface area contributed by atoms with E-state index in [0.717, 1.165) is 11.1 Å². The third kappa shape index (κ3) is 5.91. The highest BCUT2D eigenvalue weighted by Crippen LogP contribution is 1.98. The minimum atomic E-state index is -0.879. The predicted molar refractivity (Wildman–Crippen MR) is 92.3 cm³/mol. The lowest BCUT2D eigenvalue weighted by Gasteiger charge is -1.88. The van der Waals surface area contributed by atoms with Crippen LogP contribution in [0, 0.1) is 11.8 Å². The molecule has 0 bridgehead atoms. The van der Waals surface area contributed by atoms with Crippen molar-refractivity contribution in [3.05, 3.63) is 108 Å². The van der Waals surface area contributed by atoms with Crippen LogP contribution in [0.1, 0.15) is 21.5 Å². The molecule has 0 unspecified atom stereocenters. The van der Waals surface area contributed by atoms with Crippen molar-refractivity contribution < 1.29 is 9.90 Å². The summed E-state index contributed by atoms with van der Waals surface area (Å²) >= 11 is 0. The van der Waals surface area contributed by atoms with E-state index in [1.807, 2.05) is 60.7 Å². The summed E-state index contributed by atoms with van der Waals surface area (Å²) < 4.78 is 0. The molecule has 0 fully saturated rings. The zero-order valence-corrected chi connectivity index (χ0v) is 12.5. The van der Waals surface area contributed by atoms with E-state index in [-0.39, 0.29) is 0 Å². The lowest BCUT2D eigenvalue weighted by atomic mass is 10.2. The number of carbonyl (C=O) groups is 1. The maximum Gasteiger partial charge on any atom is 0.335 e. The normalized spacial score (nSPS) is 8.87. The minimum absolute atomic E-state index is 0.331. The van der Waals surface area contributed by atoms with Gasteiger partial charge in [0, 0.05) is 11.1 Å². The summed E-state index contributed by atoms with van der Waals surface area (Å²) in [6.45, 7) is 0. The molecule has 0 radical (unpaired) electrons. The molecule has 3 aromatic carbocycles. The van der Waals surface area contributed by atoms with Gasteiger partial charge in [-0.3, -0.25) is 0 Å². The van der Waals surface area contributed by atoms with Crippen molar-refractivity contribution in [1.29, 1.82) is 0 Å². The molecule has 0 heterocycles. The molecule has 0 spiro atoms. The second kappa shape index (κ2) is 8.86. The van der Waals surface area contributed by atoms with Gasteiger partial charge < -0.3 is 5.11 Å². The summed E-state index contributed by atoms with van der Waals surface area (Å²) in [5.74, 6) is 5.34. The van der Waals surface area contributed by atoms with E-state index in [1.165, 1.54) is 0 Å². The molecule has 0 aliphatic heterocycles. The third-order valence-corrected chi connectivity index (χ3v) is 2.92. The second-order valence-corrected chi connectivity index (χ2v) is 4.65. The molecule has 0 atom stereocenters. The Morgan fingerprint density at radius 3 is 1.26 bits per heavy atom. The summed E-state index contributed by atoms with van der Waals surface area (Å²) in [5, 5.41) is 8.38. The average Bonchev–Trinajstić information content (AvgIpc) is 2.63. The molecule has 2 heteroatoms. The zero-order chi connectivity index (χ0) is 16.3. The van der Waals surface area contributed by atoms with Crippen molar-refractivity contribution in [2.24, 2.45) is 0 Å². The molecule has 0 aliphatic rings. The van der Waals surface area contributed by atoms with Crippen LogP contribution >= 0.6 is 0 Å². The van der Waals surface area contributed by atoms with Gasteiger partial charge >= 0.3 is 5.97 Å². The molecule has 2 nitrogen and oxygen atoms in total. The first kappa shape index (κ1) is 16.1. The smallest absolute Gasteiger partial charge is 0.335 e. The van der Waals surface area contributed by atoms with Crippen LogP contribution in [0.25, 0.3) is 0 Å². The second-order valence-electron chi connectivity index (χ2n) is 4.65. The monoisotopic (exact) mass is 300 g/mol. The molecular weight excluding hydrogens is 284 g/mol. The van der Waals surface area contributed by atoms with Gasteiger partial charge in [-0.1, -0.05) is 66.4 Å². The fourth-order valence-electron chi connectivity index (χ4n) is 1.77. The minimum Gasteiger partial charge on any atom is -0.478 e. The molecule has 112 valence electrons. The molecule has 3 aromatic rings. The van der Waals surface area contributed by atoms with Crippen molar-refractivity contribution in [3.63, 3.8) is 0 Å². The molecule has 0 aromatic heterocycles. The van der Waals surface area contributed by atoms with E-state index < -0.39 is 5.97 Å². The highest BCUT2D eigenvalue weighted by atomic mass is 16.4. The number of hydrogen-bond donors (Lipinski definition) is 1. The van der Waals surface area contributed by atoms with Crippen LogP contribution < -0.4 is 0 Å². The van der Waals surface area contributed by atoms with E-state index in [2.05, 4.69) is 11.8 Å². The summed E-state index contributed by atoms with van der Waals surface area (Å²) in [5.41, 5.74) is 2.44. The summed E-state index contributed by atoms with van der Waals surface area (Å²) in [4.78, 5) is 10.2. The standard InChI is InChI=1S/C14H10.C7H6O2/c1-3-7-13(8-4-1)11-12-14-9-5-2-6-10-14;8-7(9)6-4-2-1-3-5-6/h1-10H;1-5H,(H,8,9). The van der Waals surface area contributed by atoms with Gasteiger partial charge in [-0.25, -0.2) is 4.79 Å². The van der Waals surface area contributed by atoms with E-state index in [0.29, 0.717) is 5.56 Å². The molecule has 0 aliphatic carbocycles. The predicted octanol–water partition coefficient (Wildman–Crippen LogP) is 4.47. The van der Waals surface area contributed by atoms with Gasteiger partial charge in [-0.2, -0.15) is 0 Å². The topological polar surface area (TPSA) is 37.3 Å². The Balaban J connectivity index is 0.000000185. The quantitative estimate of drug-likeness (QED) is 0.673. The Bertz CT molecular complexity index is 739. The number of hydrogen-bond acceptors (Lipinski definition) is 1. The number of aromatic carboxylic acids is 1. The lowest BCUT2D eigenvalue weighted by molar-refractivity contribution is 0.0697. The molecule has 0 saturated heterocycles. The van der Waals surface area contributed by atoms with Gasteiger partial charge in [0.2, 0.25) is 0 Å². The molecule has 0 amide bonds. The van der Waals surface area contributed by atoms with Crippen LogP contribution in [0.4, 0.5) is 0 Å². The first-order valence-corrected chi connectivity index (χ1v) is 7.16. The third-order valence-electron chi connectivity index (χ3n) is 2.92. The van der Waals surface area contributed by atoms with Crippen LogP contribution in [0.2, 0.25) is 0 Å². The number of benzene rings is 3. The molecule has 23 heavy (non-hydrogen) atoms. The average molecular weight is 300 g/mol. The summed E-state index contributed by atoms with van der Waals surface area (Å²) in [6, 6.07) is 28.3. The molecule has 3 rings (SSSR count). The van der Waals surface area contributed by atoms with Crippen molar-refractivity contribution in [2.45, 2.75) is 0 Å². The first-order valence-electron chi connectivity index (χ1n) is 7.16. The van der Waals surface area contributed by atoms with Crippen molar-refractivity contribution in [3.8, 4) is 11.8 Å². The van der Waals surface area contributed by atoms with Crippen LogP contribution in [-0.2, 0) is 0 Å². The zero-order valence-electron chi connectivity index (χ0n) is 12.5. The lowest BCUT2D eigenvalue weighted by Crippen LogP contribution is -1.93. The Hall–Kier alpha value is -3.31. The van der Waals surface area contributed by atoms with Crippen molar-refractivity contribution >= 4 is 5.97 Å². The van der Waals surface area contributed by atoms with E-state index >= 15 is 0 Å². The van der Waals surface area contributed by atoms with Gasteiger partial charge in [-0.15, -0.1) is 0 Å². The van der Waals surface area contributed by atoms with Gasteiger partial charge in [0.15, 0.2) is 0 Å². The van der Waals surface area contributed by atoms with E-state index in [4.69, 9.17) is 5.11 Å². The van der Waals surface area contributed by atoms with Crippen molar-refractivity contribution in [1.82, 2.24) is 0 Å². The first-order chi connectivity index (χ1) is 11.3. The number of carboxylic acids is 1. The summed E-state index contributed by atoms with van der Waals surface area (Å²) in [7, 11) is 0. The fraction of sp³-hybridized carbons (Fsp3) is 0. The Labute approximate surface area is 136 Å². The van der Waals surface area contributed by atoms with E-state index in [1.54, 1.807) is 30.3 Å². The number of rotatable bonds is 1. The SMILES string of the molecule is C(#Cc1ccccc1)c1ccccc1.O=C(O)c1ccccc1. The van der Waals surface area contributed by atoms with Crippen molar-refractivity contribution in [2.75, 3.05) is 0 Å².